The summed E-state index contributed by atoms with van der Waals surface area (Å²) in [5, 5.41) is 53.3. The van der Waals surface area contributed by atoms with Gasteiger partial charge < -0.3 is 78.4 Å². The average molecular weight is 1540 g/mol. The minimum Gasteiger partial charge on any atom is -0.478 e. The van der Waals surface area contributed by atoms with E-state index >= 15 is 0 Å². The summed E-state index contributed by atoms with van der Waals surface area (Å²) in [6.07, 6.45) is 8.88. The van der Waals surface area contributed by atoms with Crippen molar-refractivity contribution >= 4 is 63.8 Å². The van der Waals surface area contributed by atoms with Gasteiger partial charge >= 0.3 is 5.97 Å². The Morgan fingerprint density at radius 3 is 2.00 bits per heavy atom. The van der Waals surface area contributed by atoms with E-state index in [-0.39, 0.29) is 72.3 Å². The molecule has 6 N–H and O–H groups in total. The molecule has 3 aromatic rings. The first-order valence-electron chi connectivity index (χ1n) is 39.4. The molecule has 9 rings (SSSR count). The molecule has 1 unspecified atom stereocenters. The number of piperidine rings is 1. The van der Waals surface area contributed by atoms with Crippen molar-refractivity contribution in [3.05, 3.63) is 136 Å². The van der Waals surface area contributed by atoms with Crippen LogP contribution < -0.4 is 25.5 Å². The largest absolute Gasteiger partial charge is 0.478 e. The summed E-state index contributed by atoms with van der Waals surface area (Å²) in [6.45, 7) is 12.4. The number of carboxylic acids is 1. The Morgan fingerprint density at radius 1 is 0.712 bits per heavy atom. The van der Waals surface area contributed by atoms with Gasteiger partial charge in [-0.3, -0.25) is 28.8 Å². The molecular weight excluding hydrogens is 1420 g/mol. The van der Waals surface area contributed by atoms with Crippen molar-refractivity contribution in [2.75, 3.05) is 114 Å². The molecule has 2 aliphatic carbocycles. The van der Waals surface area contributed by atoms with Gasteiger partial charge in [0.2, 0.25) is 11.1 Å². The van der Waals surface area contributed by atoms with Gasteiger partial charge in [0.25, 0.3) is 23.5 Å². The van der Waals surface area contributed by atoms with Crippen LogP contribution in [0, 0.1) is 35.5 Å². The normalized spacial score (nSPS) is 26.8. The Balaban J connectivity index is 0.738. The summed E-state index contributed by atoms with van der Waals surface area (Å²) in [5.74, 6) is -9.17. The number of carbonyl (C=O) groups excluding carboxylic acids is 6. The van der Waals surface area contributed by atoms with Crippen LogP contribution in [0.4, 0.5) is 5.69 Å². The van der Waals surface area contributed by atoms with Crippen molar-refractivity contribution in [2.45, 2.75) is 173 Å². The average Bonchev–Trinajstić information content (AvgIpc) is 0.750. The molecule has 1 saturated carbocycles. The minimum absolute atomic E-state index is 0.00103. The molecule has 0 aromatic heterocycles. The molecule has 14 atom stereocenters. The van der Waals surface area contributed by atoms with E-state index in [1.165, 1.54) is 25.2 Å². The fraction of sp³-hybridized carbons (Fsp3) is 0.563. The zero-order chi connectivity index (χ0) is 80.2. The molecule has 24 nitrogen and oxygen atoms in total. The van der Waals surface area contributed by atoms with Crippen LogP contribution >= 0.6 is 0 Å². The van der Waals surface area contributed by atoms with Crippen molar-refractivity contribution < 1.29 is 91.6 Å². The SMILES string of the molecule is CO[C@H]1C[C@@H](C)[C@@]2(O)O[C@H]1[C@H](OC)C[C@H](C)C/C(C)=C\[C@H](C/C=C/c1ccc(C(=O)NCCCOCCOCCOCCCNC(=O)c3ccc(-c4c5ccc(=[N+](C)C)cc-5oc5cc(N(C)C)ccc45)c(C(=O)O)c3)cc1)C(=O)C[C@H](O)[C@@H](C)[C@@H](/C(C)=C/[C@@H]1CC[C@@H](O)[C@H](OC)C1)CC(=O)C1CCCCN1C(=O)C2=O. The molecule has 4 heterocycles. The third-order valence-electron chi connectivity index (χ3n) is 22.6. The first kappa shape index (κ1) is 86.8. The number of nitrogens with zero attached hydrogens (tertiary/aromatic N) is 3. The molecule has 604 valence electrons. The summed E-state index contributed by atoms with van der Waals surface area (Å²) in [4.78, 5) is 102. The molecule has 3 aromatic carbocycles. The highest BCUT2D eigenvalue weighted by atomic mass is 16.7. The van der Waals surface area contributed by atoms with E-state index < -0.39 is 89.6 Å². The quantitative estimate of drug-likeness (QED) is 0.00936. The van der Waals surface area contributed by atoms with Gasteiger partial charge in [-0.1, -0.05) is 74.4 Å². The third-order valence-corrected chi connectivity index (χ3v) is 22.6. The Hall–Kier alpha value is -8.14. The Bertz CT molecular complexity index is 4160. The number of carbonyl (C=O) groups is 7. The Labute approximate surface area is 652 Å². The first-order valence-corrected chi connectivity index (χ1v) is 39.4. The highest BCUT2D eigenvalue weighted by Crippen LogP contribution is 2.44. The molecule has 2 bridgehead atoms. The van der Waals surface area contributed by atoms with Crippen molar-refractivity contribution in [1.82, 2.24) is 20.1 Å². The number of ether oxygens (including phenoxy) is 7. The lowest BCUT2D eigenvalue weighted by Gasteiger charge is -2.47. The van der Waals surface area contributed by atoms with Gasteiger partial charge in [0.05, 0.1) is 74.6 Å². The van der Waals surface area contributed by atoms with E-state index in [9.17, 15) is 54.0 Å². The van der Waals surface area contributed by atoms with Gasteiger partial charge in [-0.2, -0.15) is 0 Å². The number of fused-ring (bicyclic) bond motifs is 5. The lowest BCUT2D eigenvalue weighted by Crippen LogP contribution is -2.64. The predicted molar refractivity (Wildman–Crippen MR) is 424 cm³/mol. The third kappa shape index (κ3) is 22.6. The van der Waals surface area contributed by atoms with Crippen molar-refractivity contribution in [2.24, 2.45) is 35.5 Å². The monoisotopic (exact) mass is 1540 g/mol. The number of methoxy groups -OCH3 is 3. The topological polar surface area (TPSA) is 312 Å². The highest BCUT2D eigenvalue weighted by Gasteiger charge is 2.57. The van der Waals surface area contributed by atoms with Crippen LogP contribution in [0.1, 0.15) is 161 Å². The zero-order valence-corrected chi connectivity index (χ0v) is 66.8. The van der Waals surface area contributed by atoms with Gasteiger partial charge in [-0.15, -0.1) is 0 Å². The maximum absolute atomic E-state index is 14.9. The number of carboxylic acid groups (broad SMARTS) is 1. The number of aliphatic hydroxyl groups excluding tert-OH is 2. The van der Waals surface area contributed by atoms with Crippen LogP contribution in [0.3, 0.4) is 0 Å². The lowest BCUT2D eigenvalue weighted by molar-refractivity contribution is -0.302. The van der Waals surface area contributed by atoms with Crippen LogP contribution in [-0.2, 0) is 52.3 Å². The summed E-state index contributed by atoms with van der Waals surface area (Å²) in [6, 6.07) is 22.5. The van der Waals surface area contributed by atoms with E-state index in [2.05, 4.69) is 16.7 Å². The fourth-order valence-electron chi connectivity index (χ4n) is 16.1. The number of anilines is 1. The van der Waals surface area contributed by atoms with Crippen LogP contribution in [0.25, 0.3) is 39.5 Å². The van der Waals surface area contributed by atoms with E-state index in [4.69, 9.17) is 37.6 Å². The van der Waals surface area contributed by atoms with Gasteiger partial charge in [0.15, 0.2) is 5.78 Å². The van der Waals surface area contributed by atoms with Crippen LogP contribution in [0.15, 0.2) is 113 Å². The summed E-state index contributed by atoms with van der Waals surface area (Å²) < 4.78 is 49.5. The highest BCUT2D eigenvalue weighted by molar-refractivity contribution is 6.39. The maximum atomic E-state index is 14.9. The second kappa shape index (κ2) is 41.1. The second-order valence-corrected chi connectivity index (χ2v) is 31.2. The van der Waals surface area contributed by atoms with Crippen LogP contribution in [-0.4, -0.2) is 224 Å². The molecule has 111 heavy (non-hydrogen) atoms. The van der Waals surface area contributed by atoms with Gasteiger partial charge in [0.1, 0.15) is 37.3 Å². The number of hydrogen-bond donors (Lipinski definition) is 6. The van der Waals surface area contributed by atoms with Crippen molar-refractivity contribution in [1.29, 1.82) is 0 Å². The number of ketones is 3. The number of aromatic carboxylic acids is 1. The number of hydrogen-bond acceptors (Lipinski definition) is 19. The van der Waals surface area contributed by atoms with Gasteiger partial charge in [0, 0.05) is 138 Å². The van der Waals surface area contributed by atoms with Crippen molar-refractivity contribution in [3.63, 3.8) is 0 Å². The number of nitrogens with one attached hydrogen (secondary N) is 2. The summed E-state index contributed by atoms with van der Waals surface area (Å²) in [5.41, 5.74) is 6.65. The molecule has 0 spiro atoms. The van der Waals surface area contributed by atoms with Gasteiger partial charge in [-0.25, -0.2) is 9.37 Å². The fourth-order valence-corrected chi connectivity index (χ4v) is 16.1. The number of amides is 3. The smallest absolute Gasteiger partial charge is 0.336 e. The van der Waals surface area contributed by atoms with E-state index in [0.29, 0.717) is 151 Å². The van der Waals surface area contributed by atoms with E-state index in [0.717, 1.165) is 38.7 Å². The number of aliphatic hydroxyl groups is 3. The molecule has 6 aliphatic rings. The van der Waals surface area contributed by atoms with Crippen molar-refractivity contribution in [3.8, 4) is 22.5 Å². The second-order valence-electron chi connectivity index (χ2n) is 31.2. The molecule has 3 fully saturated rings. The van der Waals surface area contributed by atoms with Crippen LogP contribution in [0.2, 0.25) is 0 Å². The lowest BCUT2D eigenvalue weighted by atomic mass is 9.75. The molecular formula is C87H118N5O19+. The molecule has 2 saturated heterocycles. The minimum atomic E-state index is -2.54. The predicted octanol–water partition coefficient (Wildman–Crippen LogP) is 10.1. The summed E-state index contributed by atoms with van der Waals surface area (Å²) >= 11 is 0. The molecule has 4 aliphatic heterocycles. The Kier molecular flexibility index (Phi) is 32.1. The van der Waals surface area contributed by atoms with E-state index in [1.807, 2.05) is 132 Å². The van der Waals surface area contributed by atoms with Crippen LogP contribution in [0.5, 0.6) is 0 Å². The maximum Gasteiger partial charge on any atom is 0.336 e. The number of Topliss-reactive ketones (excluding diaryl/α,β-unsaturated/α-hetero) is 3. The number of rotatable bonds is 27. The Morgan fingerprint density at radius 2 is 1.35 bits per heavy atom. The number of allylic oxidation sites excluding steroid dienone is 5. The summed E-state index contributed by atoms with van der Waals surface area (Å²) in [7, 11) is 12.4. The standard InChI is InChI=1S/C87H117N5O19/c1-53-42-54(2)44-78(105-11)81-79(106-12)46-56(4)87(103,111-81)82(97)85(100)92-35-14-13-20-70(92)74(96)51-68(55(3)45-59-23-32-71(93)77(47-59)104-10)57(5)72(94)52-73(95)61(43-53)19-15-18-58-21-24-60(25-22-58)83(98)88-33-16-36-107-38-40-109-41-39-108-37-17-34-89-84(99)62-26-29-65(69(48-62)86(101)102)80-66-30-27-63(90(6)7)49-75(66)110-76-50-64(91(8)9)28-31-67(76)80/h15,18,21-22,24-31,43,45,48-50,54,56-57,59,61,68,70-72,77-79,81,93-94,103H,13-14,16-17,19-20,23,32-42,44,46-47,51-52H2,1-12H3,(H2-,88,89,98,99,101,102)/p+1/b18-15+,53-43-,55-45+/t54-,56-,57+,59+,61+,68-,70?,71-,72+,77-,78-,79+,81+,87-/m1/s1. The molecule has 3 amide bonds. The first-order chi connectivity index (χ1) is 53.1. The van der Waals surface area contributed by atoms with Gasteiger partial charge in [-0.05, 0) is 168 Å². The molecule has 24 heteroatoms. The molecule has 0 radical (unpaired) electrons. The van der Waals surface area contributed by atoms with E-state index in [1.54, 1.807) is 38.3 Å². The number of benzene rings is 4. The zero-order valence-electron chi connectivity index (χ0n) is 66.8.